The smallest absolute Gasteiger partial charge is 0.226 e. The van der Waals surface area contributed by atoms with E-state index in [0.29, 0.717) is 19.0 Å². The lowest BCUT2D eigenvalue weighted by molar-refractivity contribution is -0.126. The number of nitrogen functional groups attached to an aromatic ring is 1. The third kappa shape index (κ3) is 2.58. The molecule has 0 aliphatic carbocycles. The Hall–Kier alpha value is -1.56. The average molecular weight is 238 g/mol. The van der Waals surface area contributed by atoms with Gasteiger partial charge < -0.3 is 15.8 Å². The number of carbonyl (C=O) groups is 1. The standard InChI is InChI=1S/C11H18N4O2/c1-2-9-8(3-4-17-9)11(16)13-5-7-6-14-15-10(7)12/h6,8-9H,2-5H2,1H3,(H,13,16)(H3,12,14,15). The van der Waals surface area contributed by atoms with Crippen LogP contribution >= 0.6 is 0 Å². The predicted octanol–water partition coefficient (Wildman–Crippen LogP) is 0.423. The second kappa shape index (κ2) is 5.18. The molecule has 6 nitrogen and oxygen atoms in total. The van der Waals surface area contributed by atoms with Gasteiger partial charge in [-0.25, -0.2) is 0 Å². The molecule has 0 bridgehead atoms. The van der Waals surface area contributed by atoms with Crippen molar-refractivity contribution < 1.29 is 9.53 Å². The number of nitrogens with two attached hydrogens (primary N) is 1. The van der Waals surface area contributed by atoms with Crippen molar-refractivity contribution in [2.24, 2.45) is 5.92 Å². The summed E-state index contributed by atoms with van der Waals surface area (Å²) in [5, 5.41) is 9.31. The van der Waals surface area contributed by atoms with Crippen molar-refractivity contribution in [3.05, 3.63) is 11.8 Å². The summed E-state index contributed by atoms with van der Waals surface area (Å²) in [6, 6.07) is 0. The zero-order valence-corrected chi connectivity index (χ0v) is 9.90. The summed E-state index contributed by atoms with van der Waals surface area (Å²) in [5.41, 5.74) is 6.45. The van der Waals surface area contributed by atoms with Crippen LogP contribution in [0.3, 0.4) is 0 Å². The summed E-state index contributed by atoms with van der Waals surface area (Å²) in [5.74, 6) is 0.503. The summed E-state index contributed by atoms with van der Waals surface area (Å²) in [4.78, 5) is 12.0. The molecule has 2 heterocycles. The molecule has 2 unspecified atom stereocenters. The summed E-state index contributed by atoms with van der Waals surface area (Å²) in [6.07, 6.45) is 3.34. The van der Waals surface area contributed by atoms with E-state index in [1.54, 1.807) is 6.20 Å². The van der Waals surface area contributed by atoms with E-state index in [1.807, 2.05) is 6.92 Å². The SMILES string of the molecule is CCC1OCCC1C(=O)NCc1cn[nH]c1N. The zero-order chi connectivity index (χ0) is 12.3. The lowest BCUT2D eigenvalue weighted by atomic mass is 9.99. The van der Waals surface area contributed by atoms with E-state index in [4.69, 9.17) is 10.5 Å². The number of aromatic amines is 1. The number of anilines is 1. The molecule has 4 N–H and O–H groups in total. The van der Waals surface area contributed by atoms with Gasteiger partial charge in [0.2, 0.25) is 5.91 Å². The third-order valence-corrected chi connectivity index (χ3v) is 3.15. The van der Waals surface area contributed by atoms with Crippen LogP contribution in [-0.4, -0.2) is 28.8 Å². The van der Waals surface area contributed by atoms with Crippen LogP contribution < -0.4 is 11.1 Å². The number of nitrogens with one attached hydrogen (secondary N) is 2. The van der Waals surface area contributed by atoms with Crippen molar-refractivity contribution in [3.8, 4) is 0 Å². The molecular weight excluding hydrogens is 220 g/mol. The second-order valence-corrected chi connectivity index (χ2v) is 4.24. The highest BCUT2D eigenvalue weighted by molar-refractivity contribution is 5.79. The van der Waals surface area contributed by atoms with E-state index in [0.717, 1.165) is 18.4 Å². The first kappa shape index (κ1) is 11.9. The van der Waals surface area contributed by atoms with E-state index in [-0.39, 0.29) is 17.9 Å². The number of aromatic nitrogens is 2. The van der Waals surface area contributed by atoms with E-state index in [2.05, 4.69) is 15.5 Å². The lowest BCUT2D eigenvalue weighted by Gasteiger charge is -2.16. The number of hydrogen-bond acceptors (Lipinski definition) is 4. The summed E-state index contributed by atoms with van der Waals surface area (Å²) in [7, 11) is 0. The molecule has 1 aromatic heterocycles. The van der Waals surface area contributed by atoms with Gasteiger partial charge in [0.1, 0.15) is 5.82 Å². The number of amides is 1. The van der Waals surface area contributed by atoms with Crippen molar-refractivity contribution in [1.82, 2.24) is 15.5 Å². The minimum atomic E-state index is -0.0341. The van der Waals surface area contributed by atoms with Gasteiger partial charge in [0.05, 0.1) is 18.2 Å². The van der Waals surface area contributed by atoms with Gasteiger partial charge in [-0.3, -0.25) is 9.89 Å². The number of ether oxygens (including phenoxy) is 1. The first-order valence-corrected chi connectivity index (χ1v) is 5.89. The van der Waals surface area contributed by atoms with E-state index in [9.17, 15) is 4.79 Å². The van der Waals surface area contributed by atoms with E-state index >= 15 is 0 Å². The number of rotatable bonds is 4. The molecule has 2 atom stereocenters. The summed E-state index contributed by atoms with van der Waals surface area (Å²) in [6.45, 7) is 3.11. The number of H-pyrrole nitrogens is 1. The van der Waals surface area contributed by atoms with Gasteiger partial charge in [0.25, 0.3) is 0 Å². The van der Waals surface area contributed by atoms with Gasteiger partial charge in [0.15, 0.2) is 0 Å². The Kier molecular flexibility index (Phi) is 3.63. The fraction of sp³-hybridized carbons (Fsp3) is 0.636. The van der Waals surface area contributed by atoms with Crippen LogP contribution in [0, 0.1) is 5.92 Å². The largest absolute Gasteiger partial charge is 0.384 e. The third-order valence-electron chi connectivity index (χ3n) is 3.15. The van der Waals surface area contributed by atoms with Gasteiger partial charge in [0, 0.05) is 18.7 Å². The van der Waals surface area contributed by atoms with Crippen molar-refractivity contribution in [2.75, 3.05) is 12.3 Å². The van der Waals surface area contributed by atoms with Crippen molar-refractivity contribution in [2.45, 2.75) is 32.4 Å². The van der Waals surface area contributed by atoms with Crippen LogP contribution in [0.15, 0.2) is 6.20 Å². The van der Waals surface area contributed by atoms with Crippen molar-refractivity contribution in [1.29, 1.82) is 0 Å². The first-order valence-electron chi connectivity index (χ1n) is 5.89. The van der Waals surface area contributed by atoms with Crippen LogP contribution in [-0.2, 0) is 16.1 Å². The Balaban J connectivity index is 1.87. The molecule has 1 aliphatic heterocycles. The van der Waals surface area contributed by atoms with Gasteiger partial charge in [-0.05, 0) is 12.8 Å². The Morgan fingerprint density at radius 3 is 3.24 bits per heavy atom. The Labute approximate surface area is 99.9 Å². The molecule has 17 heavy (non-hydrogen) atoms. The topological polar surface area (TPSA) is 93.0 Å². The molecule has 1 fully saturated rings. The van der Waals surface area contributed by atoms with Crippen LogP contribution in [0.1, 0.15) is 25.3 Å². The quantitative estimate of drug-likeness (QED) is 0.709. The Morgan fingerprint density at radius 1 is 1.76 bits per heavy atom. The fourth-order valence-corrected chi connectivity index (χ4v) is 2.13. The second-order valence-electron chi connectivity index (χ2n) is 4.24. The highest BCUT2D eigenvalue weighted by Gasteiger charge is 2.32. The number of hydrogen-bond donors (Lipinski definition) is 3. The van der Waals surface area contributed by atoms with Gasteiger partial charge in [-0.15, -0.1) is 0 Å². The monoisotopic (exact) mass is 238 g/mol. The lowest BCUT2D eigenvalue weighted by Crippen LogP contribution is -2.34. The fourth-order valence-electron chi connectivity index (χ4n) is 2.13. The maximum atomic E-state index is 12.0. The maximum Gasteiger partial charge on any atom is 0.226 e. The normalized spacial score (nSPS) is 23.8. The summed E-state index contributed by atoms with van der Waals surface area (Å²) >= 11 is 0. The van der Waals surface area contributed by atoms with E-state index < -0.39 is 0 Å². The minimum absolute atomic E-state index is 0.0341. The molecule has 0 saturated carbocycles. The zero-order valence-electron chi connectivity index (χ0n) is 9.90. The van der Waals surface area contributed by atoms with E-state index in [1.165, 1.54) is 0 Å². The molecule has 1 aliphatic rings. The molecule has 0 aromatic carbocycles. The Morgan fingerprint density at radius 2 is 2.59 bits per heavy atom. The Bertz CT molecular complexity index is 391. The molecule has 1 aromatic rings. The maximum absolute atomic E-state index is 12.0. The first-order chi connectivity index (χ1) is 8.22. The molecule has 6 heteroatoms. The van der Waals surface area contributed by atoms with Gasteiger partial charge >= 0.3 is 0 Å². The minimum Gasteiger partial charge on any atom is -0.384 e. The molecule has 1 amide bonds. The van der Waals surface area contributed by atoms with Gasteiger partial charge in [-0.1, -0.05) is 6.92 Å². The summed E-state index contributed by atoms with van der Waals surface area (Å²) < 4.78 is 5.49. The molecule has 0 spiro atoms. The highest BCUT2D eigenvalue weighted by atomic mass is 16.5. The predicted molar refractivity (Wildman–Crippen MR) is 63.0 cm³/mol. The van der Waals surface area contributed by atoms with Crippen molar-refractivity contribution in [3.63, 3.8) is 0 Å². The number of carbonyl (C=O) groups excluding carboxylic acids is 1. The molecule has 2 rings (SSSR count). The van der Waals surface area contributed by atoms with Crippen LogP contribution in [0.25, 0.3) is 0 Å². The molecule has 1 saturated heterocycles. The van der Waals surface area contributed by atoms with Crippen LogP contribution in [0.5, 0.6) is 0 Å². The molecular formula is C11H18N4O2. The highest BCUT2D eigenvalue weighted by Crippen LogP contribution is 2.23. The van der Waals surface area contributed by atoms with Crippen molar-refractivity contribution >= 4 is 11.7 Å². The van der Waals surface area contributed by atoms with Crippen LogP contribution in [0.2, 0.25) is 0 Å². The molecule has 0 radical (unpaired) electrons. The van der Waals surface area contributed by atoms with Gasteiger partial charge in [-0.2, -0.15) is 5.10 Å². The average Bonchev–Trinajstić information content (AvgIpc) is 2.94. The molecule has 94 valence electrons. The van der Waals surface area contributed by atoms with Crippen LogP contribution in [0.4, 0.5) is 5.82 Å². The number of nitrogens with zero attached hydrogens (tertiary/aromatic N) is 1.